The van der Waals surface area contributed by atoms with E-state index in [9.17, 15) is 8.42 Å². The Hall–Kier alpha value is -1.44. The van der Waals surface area contributed by atoms with Gasteiger partial charge in [-0.1, -0.05) is 0 Å². The number of rotatable bonds is 7. The normalized spacial score (nSPS) is 31.7. The summed E-state index contributed by atoms with van der Waals surface area (Å²) in [6, 6.07) is 6.61. The summed E-state index contributed by atoms with van der Waals surface area (Å²) in [6.45, 7) is 4.19. The topological polar surface area (TPSA) is 59.5 Å². The maximum atomic E-state index is 11.6. The molecule has 4 bridgehead atoms. The molecule has 2 heterocycles. The monoisotopic (exact) mass is 500 g/mol. The molecule has 1 saturated heterocycles. The maximum Gasteiger partial charge on any atom is 0.175 e. The van der Waals surface area contributed by atoms with Crippen LogP contribution in [0.15, 0.2) is 34.5 Å². The van der Waals surface area contributed by atoms with Crippen LogP contribution in [0.1, 0.15) is 68.0 Å². The van der Waals surface area contributed by atoms with Crippen LogP contribution in [0.25, 0.3) is 0 Å². The van der Waals surface area contributed by atoms with Crippen LogP contribution >= 0.6 is 11.3 Å². The van der Waals surface area contributed by atoms with Gasteiger partial charge in [0.25, 0.3) is 0 Å². The van der Waals surface area contributed by atoms with Crippen LogP contribution < -0.4 is 4.74 Å². The van der Waals surface area contributed by atoms with Crippen molar-refractivity contribution in [1.82, 2.24) is 9.88 Å². The van der Waals surface area contributed by atoms with Crippen molar-refractivity contribution in [3.63, 3.8) is 0 Å². The van der Waals surface area contributed by atoms with Crippen molar-refractivity contribution in [2.75, 3.05) is 25.9 Å². The van der Waals surface area contributed by atoms with E-state index in [1.807, 2.05) is 0 Å². The Morgan fingerprint density at radius 1 is 1.03 bits per heavy atom. The van der Waals surface area contributed by atoms with Gasteiger partial charge in [-0.05, 0) is 112 Å². The number of aromatic nitrogens is 1. The van der Waals surface area contributed by atoms with Crippen molar-refractivity contribution in [2.45, 2.75) is 68.8 Å². The minimum atomic E-state index is -3.18. The standard InChI is InChI=1S/C27H36N2O3S2/c1-34(30,31)25-4-2-24(3-5-25)32-16-23-17-33-26(28-23)22-6-8-29(9-7-22)18-27-13-19-10-20(14-27)12-21(11-19)15-27/h2-5,17,19-22H,6-16,18H2,1H3. The van der Waals surface area contributed by atoms with E-state index in [4.69, 9.17) is 9.72 Å². The number of hydrogen-bond acceptors (Lipinski definition) is 6. The van der Waals surface area contributed by atoms with Crippen molar-refractivity contribution in [3.8, 4) is 5.75 Å². The summed E-state index contributed by atoms with van der Waals surface area (Å²) in [7, 11) is -3.18. The molecular formula is C27H36N2O3S2. The highest BCUT2D eigenvalue weighted by Crippen LogP contribution is 2.60. The number of sulfone groups is 1. The molecule has 5 fully saturated rings. The van der Waals surface area contributed by atoms with Gasteiger partial charge in [-0.25, -0.2) is 13.4 Å². The largest absolute Gasteiger partial charge is 0.487 e. The summed E-state index contributed by atoms with van der Waals surface area (Å²) in [5.74, 6) is 4.35. The molecule has 2 aromatic rings. The molecule has 4 aliphatic carbocycles. The number of piperidine rings is 1. The summed E-state index contributed by atoms with van der Waals surface area (Å²) in [5.41, 5.74) is 1.61. The molecular weight excluding hydrogens is 464 g/mol. The summed E-state index contributed by atoms with van der Waals surface area (Å²) in [5, 5.41) is 3.36. The summed E-state index contributed by atoms with van der Waals surface area (Å²) in [6.07, 6.45) is 12.8. The number of benzene rings is 1. The highest BCUT2D eigenvalue weighted by molar-refractivity contribution is 7.90. The minimum absolute atomic E-state index is 0.310. The third-order valence-electron chi connectivity index (χ3n) is 8.87. The van der Waals surface area contributed by atoms with E-state index in [-0.39, 0.29) is 0 Å². The minimum Gasteiger partial charge on any atom is -0.487 e. The lowest BCUT2D eigenvalue weighted by Crippen LogP contribution is -2.52. The summed E-state index contributed by atoms with van der Waals surface area (Å²) in [4.78, 5) is 7.98. The zero-order valence-corrected chi connectivity index (χ0v) is 21.8. The van der Waals surface area contributed by atoms with Crippen LogP contribution in [0, 0.1) is 23.2 Å². The molecule has 34 heavy (non-hydrogen) atoms. The fourth-order valence-corrected chi connectivity index (χ4v) is 9.42. The Morgan fingerprint density at radius 3 is 2.24 bits per heavy atom. The van der Waals surface area contributed by atoms with E-state index in [0.717, 1.165) is 23.4 Å². The predicted octanol–water partition coefficient (Wildman–Crippen LogP) is 5.52. The zero-order chi connectivity index (χ0) is 23.3. The first kappa shape index (κ1) is 23.0. The lowest BCUT2D eigenvalue weighted by Gasteiger charge is -2.58. The van der Waals surface area contributed by atoms with E-state index in [2.05, 4.69) is 10.3 Å². The fraction of sp³-hybridized carbons (Fsp3) is 0.667. The Balaban J connectivity index is 1.000. The van der Waals surface area contributed by atoms with Gasteiger partial charge in [-0.15, -0.1) is 11.3 Å². The van der Waals surface area contributed by atoms with Crippen molar-refractivity contribution in [1.29, 1.82) is 0 Å². The molecule has 1 aromatic heterocycles. The Bertz CT molecular complexity index is 1080. The van der Waals surface area contributed by atoms with Crippen molar-refractivity contribution < 1.29 is 13.2 Å². The molecule has 0 radical (unpaired) electrons. The Morgan fingerprint density at radius 2 is 1.65 bits per heavy atom. The van der Waals surface area contributed by atoms with Crippen molar-refractivity contribution in [3.05, 3.63) is 40.3 Å². The summed E-state index contributed by atoms with van der Waals surface area (Å²) >= 11 is 1.76. The van der Waals surface area contributed by atoms with Gasteiger partial charge in [-0.2, -0.15) is 0 Å². The number of thiazole rings is 1. The van der Waals surface area contributed by atoms with Crippen LogP contribution in [0.2, 0.25) is 0 Å². The SMILES string of the molecule is CS(=O)(=O)c1ccc(OCc2csc(C3CCN(CC45CC6CC(CC(C6)C4)C5)CC3)n2)cc1. The van der Waals surface area contributed by atoms with Gasteiger partial charge in [0.1, 0.15) is 12.4 Å². The first-order valence-corrected chi connectivity index (χ1v) is 15.7. The van der Waals surface area contributed by atoms with Gasteiger partial charge < -0.3 is 9.64 Å². The van der Waals surface area contributed by atoms with Gasteiger partial charge >= 0.3 is 0 Å². The molecule has 0 amide bonds. The van der Waals surface area contributed by atoms with E-state index < -0.39 is 9.84 Å². The molecule has 0 spiro atoms. The van der Waals surface area contributed by atoms with Crippen LogP contribution in [0.3, 0.4) is 0 Å². The molecule has 0 unspecified atom stereocenters. The number of hydrogen-bond donors (Lipinski definition) is 0. The van der Waals surface area contributed by atoms with Gasteiger partial charge in [-0.3, -0.25) is 0 Å². The zero-order valence-electron chi connectivity index (χ0n) is 20.1. The molecule has 7 rings (SSSR count). The first-order valence-electron chi connectivity index (χ1n) is 12.9. The fourth-order valence-electron chi connectivity index (χ4n) is 7.81. The highest BCUT2D eigenvalue weighted by Gasteiger charge is 2.51. The lowest BCUT2D eigenvalue weighted by molar-refractivity contribution is -0.0714. The van der Waals surface area contributed by atoms with E-state index >= 15 is 0 Å². The third-order valence-corrected chi connectivity index (χ3v) is 11.1. The third kappa shape index (κ3) is 4.80. The molecule has 1 aliphatic heterocycles. The smallest absolute Gasteiger partial charge is 0.175 e. The molecule has 184 valence electrons. The molecule has 4 saturated carbocycles. The predicted molar refractivity (Wildman–Crippen MR) is 135 cm³/mol. The van der Waals surface area contributed by atoms with Crippen LogP contribution in [-0.2, 0) is 16.4 Å². The second kappa shape index (κ2) is 8.90. The average Bonchev–Trinajstić information content (AvgIpc) is 3.26. The maximum absolute atomic E-state index is 11.6. The molecule has 5 aliphatic rings. The van der Waals surface area contributed by atoms with E-state index in [1.54, 1.807) is 35.6 Å². The molecule has 7 heteroatoms. The Kier molecular flexibility index (Phi) is 6.01. The first-order chi connectivity index (χ1) is 16.3. The van der Waals surface area contributed by atoms with Crippen LogP contribution in [0.4, 0.5) is 0 Å². The second-order valence-electron chi connectivity index (χ2n) is 11.7. The molecule has 0 N–H and O–H groups in total. The van der Waals surface area contributed by atoms with Gasteiger partial charge in [0.2, 0.25) is 0 Å². The summed E-state index contributed by atoms with van der Waals surface area (Å²) < 4.78 is 29.1. The Labute approximate surface area is 207 Å². The van der Waals surface area contributed by atoms with Crippen molar-refractivity contribution >= 4 is 21.2 Å². The highest BCUT2D eigenvalue weighted by atomic mass is 32.2. The lowest BCUT2D eigenvalue weighted by atomic mass is 9.49. The molecule has 5 nitrogen and oxygen atoms in total. The van der Waals surface area contributed by atoms with Gasteiger partial charge in [0.05, 0.1) is 15.6 Å². The average molecular weight is 501 g/mol. The van der Waals surface area contributed by atoms with Gasteiger partial charge in [0.15, 0.2) is 9.84 Å². The number of nitrogens with zero attached hydrogens (tertiary/aromatic N) is 2. The van der Waals surface area contributed by atoms with Crippen LogP contribution in [0.5, 0.6) is 5.75 Å². The van der Waals surface area contributed by atoms with Crippen LogP contribution in [-0.4, -0.2) is 44.2 Å². The molecule has 1 aromatic carbocycles. The quantitative estimate of drug-likeness (QED) is 0.501. The van der Waals surface area contributed by atoms with E-state index in [1.165, 1.54) is 82.3 Å². The second-order valence-corrected chi connectivity index (χ2v) is 14.6. The molecule has 0 atom stereocenters. The number of likely N-dealkylation sites (tertiary alicyclic amines) is 1. The van der Waals surface area contributed by atoms with Gasteiger partial charge in [0, 0.05) is 24.1 Å². The van der Waals surface area contributed by atoms with E-state index in [0.29, 0.717) is 28.6 Å². The number of ether oxygens (including phenoxy) is 1. The van der Waals surface area contributed by atoms with Crippen molar-refractivity contribution in [2.24, 2.45) is 23.2 Å².